The summed E-state index contributed by atoms with van der Waals surface area (Å²) < 4.78 is 15.9. The van der Waals surface area contributed by atoms with Crippen molar-refractivity contribution in [3.63, 3.8) is 0 Å². The fraction of sp³-hybridized carbons (Fsp3) is 0.143. The molecule has 0 bridgehead atoms. The Kier molecular flexibility index (Phi) is 8.05. The molecule has 0 atom stereocenters. The minimum Gasteiger partial charge on any atom is -0.493 e. The monoisotopic (exact) mass is 398 g/mol. The van der Waals surface area contributed by atoms with E-state index >= 15 is 0 Å². The Hall–Kier alpha value is -3.32. The summed E-state index contributed by atoms with van der Waals surface area (Å²) in [6.07, 6.45) is 4.71. The first kappa shape index (κ1) is 21.0. The van der Waals surface area contributed by atoms with Crippen LogP contribution in [0.25, 0.3) is 6.08 Å². The van der Waals surface area contributed by atoms with Crippen LogP contribution in [0.3, 0.4) is 0 Å². The molecule has 0 aliphatic carbocycles. The Balaban J connectivity index is 1.93. The van der Waals surface area contributed by atoms with Gasteiger partial charge in [0, 0.05) is 17.8 Å². The molecule has 7 heteroatoms. The van der Waals surface area contributed by atoms with Crippen molar-refractivity contribution >= 4 is 35.0 Å². The van der Waals surface area contributed by atoms with Crippen LogP contribution in [0.2, 0.25) is 0 Å². The summed E-state index contributed by atoms with van der Waals surface area (Å²) in [5.41, 5.74) is 1.49. The highest BCUT2D eigenvalue weighted by atomic mass is 32.1. The molecule has 0 aliphatic rings. The SMILES string of the molecule is C=CCOc1cccc(NC(=S)NC(=O)/C=C/c2ccc(OC)c(OC)c2)c1. The highest BCUT2D eigenvalue weighted by molar-refractivity contribution is 7.80. The van der Waals surface area contributed by atoms with Gasteiger partial charge in [-0.05, 0) is 48.1 Å². The minimum absolute atomic E-state index is 0.183. The van der Waals surface area contributed by atoms with Crippen molar-refractivity contribution in [2.24, 2.45) is 0 Å². The zero-order chi connectivity index (χ0) is 20.4. The molecule has 6 nitrogen and oxygen atoms in total. The first-order chi connectivity index (χ1) is 13.5. The van der Waals surface area contributed by atoms with E-state index in [1.807, 2.05) is 24.3 Å². The number of ether oxygens (including phenoxy) is 3. The van der Waals surface area contributed by atoms with E-state index in [0.29, 0.717) is 29.5 Å². The normalized spacial score (nSPS) is 10.2. The van der Waals surface area contributed by atoms with Crippen LogP contribution in [0, 0.1) is 0 Å². The maximum Gasteiger partial charge on any atom is 0.250 e. The van der Waals surface area contributed by atoms with E-state index in [4.69, 9.17) is 26.4 Å². The molecule has 2 rings (SSSR count). The van der Waals surface area contributed by atoms with Gasteiger partial charge < -0.3 is 19.5 Å². The lowest BCUT2D eigenvalue weighted by atomic mass is 10.2. The van der Waals surface area contributed by atoms with E-state index in [0.717, 1.165) is 5.56 Å². The van der Waals surface area contributed by atoms with Crippen molar-refractivity contribution in [2.45, 2.75) is 0 Å². The molecule has 2 aromatic rings. The fourth-order valence-corrected chi connectivity index (χ4v) is 2.48. The molecule has 0 unspecified atom stereocenters. The maximum atomic E-state index is 12.1. The second-order valence-corrected chi connectivity index (χ2v) is 5.93. The molecular weight excluding hydrogens is 376 g/mol. The fourth-order valence-electron chi connectivity index (χ4n) is 2.26. The molecule has 0 aliphatic heterocycles. The maximum absolute atomic E-state index is 12.1. The lowest BCUT2D eigenvalue weighted by molar-refractivity contribution is -0.115. The third-order valence-corrected chi connectivity index (χ3v) is 3.74. The van der Waals surface area contributed by atoms with Gasteiger partial charge in [0.05, 0.1) is 14.2 Å². The van der Waals surface area contributed by atoms with E-state index in [9.17, 15) is 4.79 Å². The van der Waals surface area contributed by atoms with E-state index in [1.54, 1.807) is 44.6 Å². The average Bonchev–Trinajstić information content (AvgIpc) is 2.70. The summed E-state index contributed by atoms with van der Waals surface area (Å²) in [6, 6.07) is 12.6. The van der Waals surface area contributed by atoms with E-state index in [1.165, 1.54) is 6.08 Å². The third-order valence-electron chi connectivity index (χ3n) is 3.53. The molecule has 0 aromatic heterocycles. The molecule has 0 spiro atoms. The van der Waals surface area contributed by atoms with Crippen molar-refractivity contribution in [2.75, 3.05) is 26.1 Å². The molecule has 0 radical (unpaired) electrons. The summed E-state index contributed by atoms with van der Waals surface area (Å²) in [4.78, 5) is 12.1. The van der Waals surface area contributed by atoms with Crippen LogP contribution in [0.1, 0.15) is 5.56 Å². The van der Waals surface area contributed by atoms with Crippen molar-refractivity contribution in [1.82, 2.24) is 5.32 Å². The average molecular weight is 398 g/mol. The molecule has 146 valence electrons. The predicted octanol–water partition coefficient (Wildman–Crippen LogP) is 3.80. The van der Waals surface area contributed by atoms with Crippen LogP contribution in [0.4, 0.5) is 5.69 Å². The van der Waals surface area contributed by atoms with Crippen LogP contribution < -0.4 is 24.8 Å². The number of rotatable bonds is 8. The standard InChI is InChI=1S/C21H22N2O4S/c1-4-12-27-17-7-5-6-16(14-17)22-21(28)23-20(24)11-9-15-8-10-18(25-2)19(13-15)26-3/h4-11,13-14H,1,12H2,2-3H3,(H2,22,23,24,28)/b11-9+. The molecule has 0 fully saturated rings. The third kappa shape index (κ3) is 6.44. The Labute approximate surface area is 169 Å². The number of hydrogen-bond donors (Lipinski definition) is 2. The summed E-state index contributed by atoms with van der Waals surface area (Å²) in [5.74, 6) is 1.52. The zero-order valence-electron chi connectivity index (χ0n) is 15.7. The van der Waals surface area contributed by atoms with E-state index in [-0.39, 0.29) is 11.0 Å². The molecule has 28 heavy (non-hydrogen) atoms. The number of carbonyl (C=O) groups is 1. The van der Waals surface area contributed by atoms with Crippen molar-refractivity contribution in [3.05, 3.63) is 66.8 Å². The second kappa shape index (κ2) is 10.7. The summed E-state index contributed by atoms with van der Waals surface area (Å²) >= 11 is 5.18. The van der Waals surface area contributed by atoms with Crippen molar-refractivity contribution < 1.29 is 19.0 Å². The number of methoxy groups -OCH3 is 2. The number of amides is 1. The van der Waals surface area contributed by atoms with Gasteiger partial charge in [0.15, 0.2) is 16.6 Å². The van der Waals surface area contributed by atoms with Gasteiger partial charge >= 0.3 is 0 Å². The van der Waals surface area contributed by atoms with Gasteiger partial charge in [-0.2, -0.15) is 0 Å². The van der Waals surface area contributed by atoms with Crippen LogP contribution in [-0.2, 0) is 4.79 Å². The Morgan fingerprint density at radius 2 is 1.93 bits per heavy atom. The summed E-state index contributed by atoms with van der Waals surface area (Å²) in [5, 5.41) is 5.72. The number of nitrogens with one attached hydrogen (secondary N) is 2. The van der Waals surface area contributed by atoms with Gasteiger partial charge in [-0.1, -0.05) is 24.8 Å². The first-order valence-corrected chi connectivity index (χ1v) is 8.82. The Bertz CT molecular complexity index is 880. The predicted molar refractivity (Wildman–Crippen MR) is 115 cm³/mol. The van der Waals surface area contributed by atoms with E-state index < -0.39 is 0 Å². The lowest BCUT2D eigenvalue weighted by Crippen LogP contribution is -2.32. The smallest absolute Gasteiger partial charge is 0.250 e. The number of hydrogen-bond acceptors (Lipinski definition) is 5. The number of thiocarbonyl (C=S) groups is 1. The van der Waals surface area contributed by atoms with E-state index in [2.05, 4.69) is 17.2 Å². The van der Waals surface area contributed by atoms with Crippen LogP contribution >= 0.6 is 12.2 Å². The van der Waals surface area contributed by atoms with Crippen LogP contribution in [-0.4, -0.2) is 31.8 Å². The van der Waals surface area contributed by atoms with Crippen LogP contribution in [0.15, 0.2) is 61.2 Å². The number of carbonyl (C=O) groups excluding carboxylic acids is 1. The largest absolute Gasteiger partial charge is 0.493 e. The molecule has 2 N–H and O–H groups in total. The first-order valence-electron chi connectivity index (χ1n) is 8.41. The van der Waals surface area contributed by atoms with Gasteiger partial charge in [0.2, 0.25) is 5.91 Å². The van der Waals surface area contributed by atoms with Crippen molar-refractivity contribution in [3.8, 4) is 17.2 Å². The Morgan fingerprint density at radius 1 is 1.14 bits per heavy atom. The van der Waals surface area contributed by atoms with Gasteiger partial charge in [-0.25, -0.2) is 0 Å². The summed E-state index contributed by atoms with van der Waals surface area (Å²) in [7, 11) is 3.12. The van der Waals surface area contributed by atoms with Gasteiger partial charge in [0.25, 0.3) is 0 Å². The lowest BCUT2D eigenvalue weighted by Gasteiger charge is -2.10. The van der Waals surface area contributed by atoms with Crippen molar-refractivity contribution in [1.29, 1.82) is 0 Å². The molecule has 0 heterocycles. The Morgan fingerprint density at radius 3 is 2.64 bits per heavy atom. The molecule has 1 amide bonds. The molecular formula is C21H22N2O4S. The topological polar surface area (TPSA) is 68.8 Å². The van der Waals surface area contributed by atoms with Gasteiger partial charge in [-0.3, -0.25) is 10.1 Å². The number of benzene rings is 2. The number of anilines is 1. The molecule has 0 saturated carbocycles. The molecule has 0 saturated heterocycles. The van der Waals surface area contributed by atoms with Gasteiger partial charge in [0.1, 0.15) is 12.4 Å². The van der Waals surface area contributed by atoms with Gasteiger partial charge in [-0.15, -0.1) is 0 Å². The molecule has 2 aromatic carbocycles. The second-order valence-electron chi connectivity index (χ2n) is 5.52. The minimum atomic E-state index is -0.355. The summed E-state index contributed by atoms with van der Waals surface area (Å²) in [6.45, 7) is 4.02. The highest BCUT2D eigenvalue weighted by Gasteiger charge is 2.05. The quantitative estimate of drug-likeness (QED) is 0.401. The van der Waals surface area contributed by atoms with Crippen LogP contribution in [0.5, 0.6) is 17.2 Å². The zero-order valence-corrected chi connectivity index (χ0v) is 16.5. The highest BCUT2D eigenvalue weighted by Crippen LogP contribution is 2.27.